The van der Waals surface area contributed by atoms with Gasteiger partial charge in [0.15, 0.2) is 5.78 Å². The number of Topliss-reactive ketones (excluding diaryl/α,β-unsaturated/α-hetero) is 1. The molecule has 0 heterocycles. The third-order valence-corrected chi connectivity index (χ3v) is 7.39. The van der Waals surface area contributed by atoms with Crippen LogP contribution in [0.3, 0.4) is 0 Å². The lowest BCUT2D eigenvalue weighted by Crippen LogP contribution is -2.10. The number of carboxylic acids is 1. The quantitative estimate of drug-likeness (QED) is 0.135. The Kier molecular flexibility index (Phi) is 9.73. The largest absolute Gasteiger partial charge is 0.481 e. The van der Waals surface area contributed by atoms with E-state index in [1.54, 1.807) is 43.3 Å². The number of aryl methyl sites for hydroxylation is 1. The fraction of sp³-hybridized carbons (Fsp3) is 0.212. The number of carbonyl (C=O) groups is 2. The lowest BCUT2D eigenvalue weighted by molar-refractivity contribution is -0.138. The van der Waals surface area contributed by atoms with Crippen LogP contribution in [0.15, 0.2) is 78.9 Å². The van der Waals surface area contributed by atoms with Gasteiger partial charge in [-0.3, -0.25) is 9.59 Å². The number of aliphatic carboxylic acids is 1. The molecule has 230 valence electrons. The molecule has 0 atom stereocenters. The molecule has 4 aromatic carbocycles. The van der Waals surface area contributed by atoms with E-state index in [1.165, 1.54) is 18.2 Å². The molecule has 0 aliphatic carbocycles. The summed E-state index contributed by atoms with van der Waals surface area (Å²) < 4.78 is 80.1. The highest BCUT2D eigenvalue weighted by Crippen LogP contribution is 2.38. The van der Waals surface area contributed by atoms with E-state index in [0.717, 1.165) is 24.3 Å². The maximum Gasteiger partial charge on any atom is 0.416 e. The highest BCUT2D eigenvalue weighted by Gasteiger charge is 2.32. The van der Waals surface area contributed by atoms with E-state index < -0.39 is 29.4 Å². The number of hydrogen-bond acceptors (Lipinski definition) is 3. The summed E-state index contributed by atoms with van der Waals surface area (Å²) in [5.41, 5.74) is 2.03. The minimum atomic E-state index is -4.58. The Labute approximate surface area is 254 Å². The summed E-state index contributed by atoms with van der Waals surface area (Å²) in [6.07, 6.45) is -9.03. The molecule has 0 amide bonds. The number of nitrogens with one attached hydrogen (secondary N) is 1. The Morgan fingerprint density at radius 3 is 1.91 bits per heavy atom. The summed E-state index contributed by atoms with van der Waals surface area (Å²) in [7, 11) is 0. The van der Waals surface area contributed by atoms with E-state index in [1.807, 2.05) is 0 Å². The molecule has 0 unspecified atom stereocenters. The first kappa shape index (κ1) is 32.6. The number of hydrogen-bond donors (Lipinski definition) is 2. The van der Waals surface area contributed by atoms with Crippen molar-refractivity contribution in [3.05, 3.63) is 112 Å². The van der Waals surface area contributed by atoms with Crippen molar-refractivity contribution in [1.82, 2.24) is 0 Å². The van der Waals surface area contributed by atoms with Crippen LogP contribution in [0.4, 0.5) is 32.0 Å². The summed E-state index contributed by atoms with van der Waals surface area (Å²) in [6, 6.07) is 18.1. The SMILES string of the molecule is Cc1cc(C(F)(F)F)cc(-c2ccc(C(=O)CCCC(=O)O)cc2)c1CNc1ccc(-c2ccc(C(F)(F)F)cc2Cl)cc1. The number of carboxylic acid groups (broad SMARTS) is 1. The number of carbonyl (C=O) groups excluding carboxylic acids is 1. The Bertz CT molecular complexity index is 1660. The van der Waals surface area contributed by atoms with E-state index >= 15 is 0 Å². The van der Waals surface area contributed by atoms with Gasteiger partial charge in [-0.15, -0.1) is 0 Å². The van der Waals surface area contributed by atoms with Crippen molar-refractivity contribution in [3.8, 4) is 22.3 Å². The molecule has 0 spiro atoms. The van der Waals surface area contributed by atoms with Gasteiger partial charge in [-0.05, 0) is 77.6 Å². The molecule has 2 N–H and O–H groups in total. The summed E-state index contributed by atoms with van der Waals surface area (Å²) in [4.78, 5) is 23.1. The first-order valence-corrected chi connectivity index (χ1v) is 13.8. The van der Waals surface area contributed by atoms with Gasteiger partial charge in [-0.1, -0.05) is 54.1 Å². The van der Waals surface area contributed by atoms with Gasteiger partial charge >= 0.3 is 18.3 Å². The molecule has 0 aliphatic rings. The molecule has 44 heavy (non-hydrogen) atoms. The van der Waals surface area contributed by atoms with Crippen LogP contribution in [0.2, 0.25) is 5.02 Å². The van der Waals surface area contributed by atoms with Crippen LogP contribution in [0.5, 0.6) is 0 Å². The standard InChI is InChI=1S/C33H26ClF6NO3/c1-19-15-24(33(38,39)40)16-27(21-5-7-22(8-6-21)30(42)3-2-4-31(43)44)28(19)18-41-25-12-9-20(10-13-25)26-14-11-23(17-29(26)34)32(35,36)37/h5-17,41H,2-4,18H2,1H3,(H,43,44). The smallest absolute Gasteiger partial charge is 0.416 e. The second-order valence-corrected chi connectivity index (χ2v) is 10.6. The number of anilines is 1. The lowest BCUT2D eigenvalue weighted by atomic mass is 9.92. The maximum absolute atomic E-state index is 13.7. The molecule has 0 aliphatic heterocycles. The molecule has 0 bridgehead atoms. The monoisotopic (exact) mass is 633 g/mol. The van der Waals surface area contributed by atoms with Gasteiger partial charge in [0.05, 0.1) is 11.1 Å². The Morgan fingerprint density at radius 1 is 0.750 bits per heavy atom. The molecule has 11 heteroatoms. The van der Waals surface area contributed by atoms with Gasteiger partial charge in [-0.25, -0.2) is 0 Å². The maximum atomic E-state index is 13.7. The number of ketones is 1. The predicted molar refractivity (Wildman–Crippen MR) is 157 cm³/mol. The van der Waals surface area contributed by atoms with Crippen LogP contribution in [0.25, 0.3) is 22.3 Å². The van der Waals surface area contributed by atoms with Crippen molar-refractivity contribution in [2.24, 2.45) is 0 Å². The summed E-state index contributed by atoms with van der Waals surface area (Å²) in [5, 5.41) is 11.9. The predicted octanol–water partition coefficient (Wildman–Crippen LogP) is 10.1. The Hall–Kier alpha value is -4.31. The average Bonchev–Trinajstić information content (AvgIpc) is 2.95. The number of halogens is 7. The fourth-order valence-corrected chi connectivity index (χ4v) is 5.03. The summed E-state index contributed by atoms with van der Waals surface area (Å²) >= 11 is 6.11. The zero-order valence-corrected chi connectivity index (χ0v) is 24.0. The minimum Gasteiger partial charge on any atom is -0.481 e. The number of rotatable bonds is 10. The Morgan fingerprint density at radius 2 is 1.34 bits per heavy atom. The average molecular weight is 634 g/mol. The molecule has 0 aromatic heterocycles. The van der Waals surface area contributed by atoms with Gasteiger partial charge in [0.1, 0.15) is 0 Å². The van der Waals surface area contributed by atoms with Crippen molar-refractivity contribution in [3.63, 3.8) is 0 Å². The third kappa shape index (κ3) is 7.99. The first-order valence-electron chi connectivity index (χ1n) is 13.4. The molecule has 0 saturated carbocycles. The zero-order valence-electron chi connectivity index (χ0n) is 23.2. The van der Waals surface area contributed by atoms with E-state index in [4.69, 9.17) is 16.7 Å². The second kappa shape index (κ2) is 13.1. The van der Waals surface area contributed by atoms with Gasteiger partial charge < -0.3 is 10.4 Å². The zero-order chi connectivity index (χ0) is 32.2. The highest BCUT2D eigenvalue weighted by atomic mass is 35.5. The topological polar surface area (TPSA) is 66.4 Å². The van der Waals surface area contributed by atoms with Gasteiger partial charge in [-0.2, -0.15) is 26.3 Å². The molecular weight excluding hydrogens is 608 g/mol. The fourth-order valence-electron chi connectivity index (χ4n) is 4.74. The van der Waals surface area contributed by atoms with Crippen LogP contribution in [-0.4, -0.2) is 16.9 Å². The van der Waals surface area contributed by atoms with Gasteiger partial charge in [0.25, 0.3) is 0 Å². The first-order chi connectivity index (χ1) is 20.6. The highest BCUT2D eigenvalue weighted by molar-refractivity contribution is 6.33. The van der Waals surface area contributed by atoms with Gasteiger partial charge in [0.2, 0.25) is 0 Å². The van der Waals surface area contributed by atoms with Crippen molar-refractivity contribution in [2.75, 3.05) is 5.32 Å². The van der Waals surface area contributed by atoms with Crippen molar-refractivity contribution < 1.29 is 41.0 Å². The second-order valence-electron chi connectivity index (χ2n) is 10.2. The van der Waals surface area contributed by atoms with Crippen LogP contribution >= 0.6 is 11.6 Å². The van der Waals surface area contributed by atoms with E-state index in [-0.39, 0.29) is 36.6 Å². The molecule has 0 radical (unpaired) electrons. The van der Waals surface area contributed by atoms with Crippen LogP contribution < -0.4 is 5.32 Å². The Balaban J connectivity index is 1.57. The lowest BCUT2D eigenvalue weighted by Gasteiger charge is -2.18. The molecule has 4 rings (SSSR count). The van der Waals surface area contributed by atoms with E-state index in [0.29, 0.717) is 44.6 Å². The van der Waals surface area contributed by atoms with Crippen molar-refractivity contribution in [2.45, 2.75) is 45.1 Å². The normalized spacial score (nSPS) is 11.8. The molecular formula is C33H26ClF6NO3. The van der Waals surface area contributed by atoms with Crippen molar-refractivity contribution in [1.29, 1.82) is 0 Å². The summed E-state index contributed by atoms with van der Waals surface area (Å²) in [6.45, 7) is 1.72. The van der Waals surface area contributed by atoms with Gasteiger partial charge in [0, 0.05) is 41.2 Å². The molecule has 0 fully saturated rings. The van der Waals surface area contributed by atoms with Crippen LogP contribution in [-0.2, 0) is 23.7 Å². The van der Waals surface area contributed by atoms with Crippen LogP contribution in [0.1, 0.15) is 51.9 Å². The molecule has 4 nitrogen and oxygen atoms in total. The minimum absolute atomic E-state index is 0.0351. The number of alkyl halides is 6. The third-order valence-electron chi connectivity index (χ3n) is 7.07. The van der Waals surface area contributed by atoms with Crippen LogP contribution in [0, 0.1) is 6.92 Å². The van der Waals surface area contributed by atoms with E-state index in [9.17, 15) is 35.9 Å². The molecule has 4 aromatic rings. The van der Waals surface area contributed by atoms with Crippen molar-refractivity contribution >= 4 is 29.0 Å². The molecule has 0 saturated heterocycles. The van der Waals surface area contributed by atoms with E-state index in [2.05, 4.69) is 5.32 Å². The number of benzene rings is 4. The summed E-state index contributed by atoms with van der Waals surface area (Å²) in [5.74, 6) is -1.27.